The number of hydrogen-bond donors (Lipinski definition) is 2. The number of benzene rings is 2. The summed E-state index contributed by atoms with van der Waals surface area (Å²) in [6.45, 7) is 1.99. The number of aryl methyl sites for hydroxylation is 2. The van der Waals surface area contributed by atoms with Crippen molar-refractivity contribution in [3.63, 3.8) is 0 Å². The molecule has 10 heteroatoms. The minimum Gasteiger partial charge on any atom is -0.280 e. The van der Waals surface area contributed by atoms with Gasteiger partial charge >= 0.3 is 5.69 Å². The Balaban J connectivity index is 1.44. The molecule has 0 aliphatic carbocycles. The molecular weight excluding hydrogens is 472 g/mol. The molecule has 5 rings (SSSR count). The van der Waals surface area contributed by atoms with Crippen LogP contribution in [0.5, 0.6) is 0 Å². The number of fused-ring (bicyclic) bond motifs is 2. The minimum atomic E-state index is -0.708. The molecule has 0 saturated carbocycles. The molecule has 0 fully saturated rings. The lowest BCUT2D eigenvalue weighted by molar-refractivity contribution is 0.0845. The van der Waals surface area contributed by atoms with Gasteiger partial charge in [0.2, 0.25) is 0 Å². The number of para-hydroxylation sites is 1. The van der Waals surface area contributed by atoms with Gasteiger partial charge < -0.3 is 0 Å². The number of rotatable bonds is 3. The third-order valence-corrected chi connectivity index (χ3v) is 6.13. The van der Waals surface area contributed by atoms with Gasteiger partial charge in [-0.2, -0.15) is 0 Å². The average Bonchev–Trinajstić information content (AvgIpc) is 2.92. The molecule has 2 amide bonds. The maximum atomic E-state index is 13.2. The summed E-state index contributed by atoms with van der Waals surface area (Å²) in [5.74, 6) is -1.25. The predicted octanol–water partition coefficient (Wildman–Crippen LogP) is 2.23. The van der Waals surface area contributed by atoms with Gasteiger partial charge in [-0.3, -0.25) is 34.4 Å². The molecule has 0 saturated heterocycles. The maximum absolute atomic E-state index is 13.2. The third-order valence-electron chi connectivity index (χ3n) is 6.13. The van der Waals surface area contributed by atoms with E-state index in [2.05, 4.69) is 20.8 Å². The van der Waals surface area contributed by atoms with Crippen LogP contribution in [0.3, 0.4) is 0 Å². The van der Waals surface area contributed by atoms with Crippen molar-refractivity contribution in [3.05, 3.63) is 104 Å². The molecule has 37 heavy (non-hydrogen) atoms. The Morgan fingerprint density at radius 1 is 0.784 bits per heavy atom. The van der Waals surface area contributed by atoms with E-state index in [0.29, 0.717) is 22.2 Å². The van der Waals surface area contributed by atoms with E-state index in [1.807, 2.05) is 43.3 Å². The van der Waals surface area contributed by atoms with Crippen molar-refractivity contribution < 1.29 is 9.59 Å². The highest BCUT2D eigenvalue weighted by atomic mass is 16.2. The van der Waals surface area contributed by atoms with E-state index < -0.39 is 23.1 Å². The van der Waals surface area contributed by atoms with Gasteiger partial charge in [-0.05, 0) is 31.2 Å². The molecule has 10 nitrogen and oxygen atoms in total. The van der Waals surface area contributed by atoms with Crippen molar-refractivity contribution in [1.82, 2.24) is 30.0 Å². The Morgan fingerprint density at radius 2 is 1.49 bits per heavy atom. The van der Waals surface area contributed by atoms with Crippen molar-refractivity contribution in [3.8, 4) is 11.3 Å². The van der Waals surface area contributed by atoms with E-state index in [0.717, 1.165) is 15.7 Å². The van der Waals surface area contributed by atoms with Crippen LogP contribution in [0.25, 0.3) is 33.2 Å². The van der Waals surface area contributed by atoms with E-state index >= 15 is 0 Å². The van der Waals surface area contributed by atoms with Gasteiger partial charge in [-0.1, -0.05) is 48.0 Å². The number of aromatic nitrogens is 4. The lowest BCUT2D eigenvalue weighted by Gasteiger charge is -2.12. The maximum Gasteiger partial charge on any atom is 0.332 e. The Morgan fingerprint density at radius 3 is 2.24 bits per heavy atom. The number of pyridine rings is 2. The van der Waals surface area contributed by atoms with Crippen molar-refractivity contribution >= 4 is 33.8 Å². The van der Waals surface area contributed by atoms with E-state index in [4.69, 9.17) is 0 Å². The second-order valence-electron chi connectivity index (χ2n) is 8.62. The number of amides is 2. The van der Waals surface area contributed by atoms with Crippen molar-refractivity contribution in [2.45, 2.75) is 6.92 Å². The monoisotopic (exact) mass is 494 g/mol. The molecule has 184 valence electrons. The van der Waals surface area contributed by atoms with Gasteiger partial charge in [-0.15, -0.1) is 0 Å². The number of nitrogens with one attached hydrogen (secondary N) is 2. The van der Waals surface area contributed by atoms with Crippen LogP contribution in [0.15, 0.2) is 76.3 Å². The highest BCUT2D eigenvalue weighted by molar-refractivity contribution is 6.08. The van der Waals surface area contributed by atoms with E-state index in [1.165, 1.54) is 30.8 Å². The normalized spacial score (nSPS) is 11.0. The molecule has 2 aromatic carbocycles. The Kier molecular flexibility index (Phi) is 5.84. The zero-order chi connectivity index (χ0) is 26.3. The summed E-state index contributed by atoms with van der Waals surface area (Å²) in [4.78, 5) is 59.4. The van der Waals surface area contributed by atoms with Crippen molar-refractivity contribution in [2.24, 2.45) is 14.1 Å². The van der Waals surface area contributed by atoms with Crippen LogP contribution in [0, 0.1) is 6.92 Å². The number of nitrogens with zero attached hydrogens (tertiary/aromatic N) is 4. The van der Waals surface area contributed by atoms with Gasteiger partial charge in [0, 0.05) is 25.0 Å². The first-order valence-corrected chi connectivity index (χ1v) is 11.4. The quantitative estimate of drug-likeness (QED) is 0.370. The van der Waals surface area contributed by atoms with E-state index in [9.17, 15) is 19.2 Å². The van der Waals surface area contributed by atoms with E-state index in [-0.39, 0.29) is 16.7 Å². The third kappa shape index (κ3) is 4.25. The summed E-state index contributed by atoms with van der Waals surface area (Å²) in [5, 5.41) is 0.817. The number of hydrogen-bond acceptors (Lipinski definition) is 6. The molecule has 2 N–H and O–H groups in total. The molecule has 0 aliphatic rings. The zero-order valence-electron chi connectivity index (χ0n) is 20.3. The van der Waals surface area contributed by atoms with Crippen LogP contribution in [0.4, 0.5) is 0 Å². The topological polar surface area (TPSA) is 128 Å². The number of carbonyl (C=O) groups is 2. The minimum absolute atomic E-state index is 0.0648. The van der Waals surface area contributed by atoms with Crippen LogP contribution < -0.4 is 22.1 Å². The summed E-state index contributed by atoms with van der Waals surface area (Å²) in [5.41, 5.74) is 7.25. The molecule has 0 spiro atoms. The van der Waals surface area contributed by atoms with Crippen LogP contribution >= 0.6 is 0 Å². The summed E-state index contributed by atoms with van der Waals surface area (Å²) < 4.78 is 2.15. The van der Waals surface area contributed by atoms with Crippen LogP contribution in [0.1, 0.15) is 26.4 Å². The zero-order valence-corrected chi connectivity index (χ0v) is 20.3. The van der Waals surface area contributed by atoms with Gasteiger partial charge in [-0.25, -0.2) is 14.8 Å². The predicted molar refractivity (Wildman–Crippen MR) is 139 cm³/mol. The summed E-state index contributed by atoms with van der Waals surface area (Å²) in [7, 11) is 2.83. The fourth-order valence-corrected chi connectivity index (χ4v) is 4.06. The van der Waals surface area contributed by atoms with Crippen molar-refractivity contribution in [2.75, 3.05) is 0 Å². The largest absolute Gasteiger partial charge is 0.332 e. The number of carbonyl (C=O) groups excluding carboxylic acids is 2. The average molecular weight is 495 g/mol. The first kappa shape index (κ1) is 23.6. The van der Waals surface area contributed by atoms with Crippen molar-refractivity contribution in [1.29, 1.82) is 0 Å². The highest BCUT2D eigenvalue weighted by Gasteiger charge is 2.17. The fraction of sp³-hybridized carbons (Fsp3) is 0.111. The van der Waals surface area contributed by atoms with Gasteiger partial charge in [0.25, 0.3) is 17.4 Å². The Labute approximate surface area is 210 Å². The lowest BCUT2D eigenvalue weighted by Crippen LogP contribution is -2.42. The molecular formula is C27H22N6O4. The summed E-state index contributed by atoms with van der Waals surface area (Å²) >= 11 is 0. The molecule has 0 bridgehead atoms. The van der Waals surface area contributed by atoms with E-state index in [1.54, 1.807) is 18.2 Å². The highest BCUT2D eigenvalue weighted by Crippen LogP contribution is 2.25. The molecule has 0 radical (unpaired) electrons. The SMILES string of the molecule is Cc1ccc(-c2cc(C(=O)NNC(=O)c3ccc4c(=O)n(C)c(=O)n(C)c4n3)c3ccccc3n2)cc1. The second kappa shape index (κ2) is 9.15. The summed E-state index contributed by atoms with van der Waals surface area (Å²) in [6.07, 6.45) is 0. The molecule has 0 atom stereocenters. The number of hydrazine groups is 1. The molecule has 3 aromatic heterocycles. The van der Waals surface area contributed by atoms with Crippen LogP contribution in [-0.4, -0.2) is 30.9 Å². The van der Waals surface area contributed by atoms with Gasteiger partial charge in [0.1, 0.15) is 11.3 Å². The Hall–Kier alpha value is -5.12. The molecule has 0 aliphatic heterocycles. The Bertz CT molecular complexity index is 1840. The standard InChI is InChI=1S/C27H22N6O4/c1-15-8-10-16(11-9-15)22-14-19(17-6-4-5-7-20(17)28-22)24(34)30-31-25(35)21-13-12-18-23(29-21)32(2)27(37)33(3)26(18)36/h4-14H,1-3H3,(H,30,34)(H,31,35). The van der Waals surface area contributed by atoms with Gasteiger partial charge in [0.15, 0.2) is 0 Å². The smallest absolute Gasteiger partial charge is 0.280 e. The first-order chi connectivity index (χ1) is 17.7. The molecule has 5 aromatic rings. The second-order valence-corrected chi connectivity index (χ2v) is 8.62. The molecule has 0 unspecified atom stereocenters. The fourth-order valence-electron chi connectivity index (χ4n) is 4.06. The first-order valence-electron chi connectivity index (χ1n) is 11.4. The van der Waals surface area contributed by atoms with Crippen LogP contribution in [0.2, 0.25) is 0 Å². The molecule has 3 heterocycles. The summed E-state index contributed by atoms with van der Waals surface area (Å²) in [6, 6.07) is 19.5. The van der Waals surface area contributed by atoms with Gasteiger partial charge in [0.05, 0.1) is 22.2 Å². The lowest BCUT2D eigenvalue weighted by atomic mass is 10.0. The van der Waals surface area contributed by atoms with Crippen LogP contribution in [-0.2, 0) is 14.1 Å².